The van der Waals surface area contributed by atoms with Gasteiger partial charge in [0.05, 0.1) is 30.1 Å². The quantitative estimate of drug-likeness (QED) is 0.381. The minimum atomic E-state index is -4.16. The first kappa shape index (κ1) is 25.0. The molecule has 4 aromatic rings. The SMILES string of the molecule is Cc1cc2c(cnn2-c2ccc(F)cc2)cc1C1C(=O)N(S(=O)(=O)c2cnn(C)n2)CCN1CC(C)C. The van der Waals surface area contributed by atoms with Gasteiger partial charge < -0.3 is 0 Å². The lowest BCUT2D eigenvalue weighted by atomic mass is 9.95. The molecule has 0 bridgehead atoms. The van der Waals surface area contributed by atoms with Gasteiger partial charge in [0.2, 0.25) is 5.03 Å². The number of fused-ring (bicyclic) bond motifs is 1. The summed E-state index contributed by atoms with van der Waals surface area (Å²) in [6, 6.07) is 9.08. The first-order valence-corrected chi connectivity index (χ1v) is 13.4. The van der Waals surface area contributed by atoms with E-state index in [9.17, 15) is 17.6 Å². The number of nitrogens with zero attached hydrogens (tertiary/aromatic N) is 7. The Hall–Kier alpha value is -3.64. The number of halogens is 1. The van der Waals surface area contributed by atoms with Crippen molar-refractivity contribution in [1.82, 2.24) is 34.0 Å². The van der Waals surface area contributed by atoms with Crippen molar-refractivity contribution >= 4 is 26.8 Å². The second kappa shape index (κ2) is 9.34. The third kappa shape index (κ3) is 4.51. The molecular formula is C25H28FN7O3S. The molecule has 0 spiro atoms. The standard InChI is InChI=1S/C25H28FN7O3S/c1-16(2)15-31-9-10-32(37(35,36)23-14-27-30(4)29-23)25(34)24(31)21-12-18-13-28-33(22(18)11-17(21)3)20-7-5-19(26)6-8-20/h5-8,11-14,16,24H,9-10,15H2,1-4H3. The highest BCUT2D eigenvalue weighted by molar-refractivity contribution is 7.89. The van der Waals surface area contributed by atoms with Crippen LogP contribution < -0.4 is 0 Å². The summed E-state index contributed by atoms with van der Waals surface area (Å²) in [6.07, 6.45) is 2.84. The zero-order chi connectivity index (χ0) is 26.5. The van der Waals surface area contributed by atoms with Crippen LogP contribution in [0.5, 0.6) is 0 Å². The molecule has 1 atom stereocenters. The van der Waals surface area contributed by atoms with Gasteiger partial charge in [0, 0.05) is 25.5 Å². The van der Waals surface area contributed by atoms with Crippen molar-refractivity contribution in [3.05, 3.63) is 65.7 Å². The Morgan fingerprint density at radius 2 is 1.81 bits per heavy atom. The molecule has 0 saturated carbocycles. The molecule has 5 rings (SSSR count). The molecule has 1 unspecified atom stereocenters. The van der Waals surface area contributed by atoms with Gasteiger partial charge in [0.25, 0.3) is 15.9 Å². The fourth-order valence-corrected chi connectivity index (χ4v) is 6.11. The average molecular weight is 526 g/mol. The summed E-state index contributed by atoms with van der Waals surface area (Å²) in [5.41, 5.74) is 3.05. The third-order valence-electron chi connectivity index (χ3n) is 6.49. The molecule has 1 aliphatic rings. The molecule has 12 heteroatoms. The van der Waals surface area contributed by atoms with Crippen LogP contribution in [0, 0.1) is 18.7 Å². The Bertz CT molecular complexity index is 1580. The van der Waals surface area contributed by atoms with E-state index in [0.717, 1.165) is 37.3 Å². The largest absolute Gasteiger partial charge is 0.287 e. The van der Waals surface area contributed by atoms with Crippen molar-refractivity contribution in [1.29, 1.82) is 0 Å². The Kier molecular flexibility index (Phi) is 6.32. The Morgan fingerprint density at radius 1 is 1.08 bits per heavy atom. The topological polar surface area (TPSA) is 106 Å². The number of carbonyl (C=O) groups excluding carboxylic acids is 1. The number of aryl methyl sites for hydroxylation is 2. The van der Waals surface area contributed by atoms with Crippen molar-refractivity contribution in [2.45, 2.75) is 31.8 Å². The summed E-state index contributed by atoms with van der Waals surface area (Å²) in [6.45, 7) is 7.07. The van der Waals surface area contributed by atoms with Crippen molar-refractivity contribution < 1.29 is 17.6 Å². The second-order valence-corrected chi connectivity index (χ2v) is 11.5. The van der Waals surface area contributed by atoms with E-state index in [1.807, 2.05) is 24.0 Å². The number of hydrogen-bond donors (Lipinski definition) is 0. The molecule has 37 heavy (non-hydrogen) atoms. The number of aromatic nitrogens is 5. The number of rotatable bonds is 6. The van der Waals surface area contributed by atoms with Crippen molar-refractivity contribution in [3.8, 4) is 5.69 Å². The van der Waals surface area contributed by atoms with E-state index in [-0.39, 0.29) is 23.3 Å². The van der Waals surface area contributed by atoms with Crippen molar-refractivity contribution in [2.24, 2.45) is 13.0 Å². The molecule has 1 aliphatic heterocycles. The van der Waals surface area contributed by atoms with Crippen LogP contribution in [0.25, 0.3) is 16.6 Å². The van der Waals surface area contributed by atoms with Crippen LogP contribution in [0.2, 0.25) is 0 Å². The molecule has 0 N–H and O–H groups in total. The molecule has 2 aromatic heterocycles. The van der Waals surface area contributed by atoms with Gasteiger partial charge in [-0.15, -0.1) is 5.10 Å². The summed E-state index contributed by atoms with van der Waals surface area (Å²) >= 11 is 0. The number of carbonyl (C=O) groups is 1. The monoisotopic (exact) mass is 525 g/mol. The zero-order valence-electron chi connectivity index (χ0n) is 21.0. The van der Waals surface area contributed by atoms with E-state index in [2.05, 4.69) is 29.1 Å². The minimum absolute atomic E-state index is 0.0325. The third-order valence-corrected chi connectivity index (χ3v) is 8.15. The first-order valence-electron chi connectivity index (χ1n) is 12.0. The van der Waals surface area contributed by atoms with E-state index in [1.165, 1.54) is 19.2 Å². The summed E-state index contributed by atoms with van der Waals surface area (Å²) in [4.78, 5) is 17.1. The van der Waals surface area contributed by atoms with Gasteiger partial charge in [-0.1, -0.05) is 13.8 Å². The molecule has 0 radical (unpaired) electrons. The van der Waals surface area contributed by atoms with Crippen molar-refractivity contribution in [2.75, 3.05) is 19.6 Å². The minimum Gasteiger partial charge on any atom is -0.286 e. The van der Waals surface area contributed by atoms with E-state index >= 15 is 0 Å². The molecule has 10 nitrogen and oxygen atoms in total. The summed E-state index contributed by atoms with van der Waals surface area (Å²) < 4.78 is 42.7. The molecule has 1 saturated heterocycles. The maximum atomic E-state index is 13.9. The maximum absolute atomic E-state index is 13.9. The fraction of sp³-hybridized carbons (Fsp3) is 0.360. The highest BCUT2D eigenvalue weighted by atomic mass is 32.2. The molecular weight excluding hydrogens is 497 g/mol. The molecule has 3 heterocycles. The smallest absolute Gasteiger partial charge is 0.286 e. The van der Waals surface area contributed by atoms with Crippen LogP contribution in [0.15, 0.2) is 53.8 Å². The maximum Gasteiger partial charge on any atom is 0.287 e. The van der Waals surface area contributed by atoms with Gasteiger partial charge >= 0.3 is 0 Å². The van der Waals surface area contributed by atoms with Crippen LogP contribution in [0.3, 0.4) is 0 Å². The van der Waals surface area contributed by atoms with Gasteiger partial charge in [0.1, 0.15) is 11.9 Å². The Morgan fingerprint density at radius 3 is 2.46 bits per heavy atom. The zero-order valence-corrected chi connectivity index (χ0v) is 21.9. The normalized spacial score (nSPS) is 17.3. The summed E-state index contributed by atoms with van der Waals surface area (Å²) in [7, 11) is -2.64. The predicted octanol–water partition coefficient (Wildman–Crippen LogP) is 2.83. The first-order chi connectivity index (χ1) is 17.6. The van der Waals surface area contributed by atoms with E-state index < -0.39 is 22.0 Å². The second-order valence-electron chi connectivity index (χ2n) is 9.68. The Labute approximate surface area is 214 Å². The van der Waals surface area contributed by atoms with Crippen molar-refractivity contribution in [3.63, 3.8) is 0 Å². The summed E-state index contributed by atoms with van der Waals surface area (Å²) in [5.74, 6) is -0.588. The fourth-order valence-electron chi connectivity index (χ4n) is 4.82. The van der Waals surface area contributed by atoms with E-state index in [0.29, 0.717) is 18.8 Å². The number of sulfonamides is 1. The lowest BCUT2D eigenvalue weighted by molar-refractivity contribution is -0.136. The predicted molar refractivity (Wildman–Crippen MR) is 135 cm³/mol. The molecule has 194 valence electrons. The van der Waals surface area contributed by atoms with E-state index in [4.69, 9.17) is 0 Å². The number of amides is 1. The number of hydrogen-bond acceptors (Lipinski definition) is 7. The highest BCUT2D eigenvalue weighted by Crippen LogP contribution is 2.34. The lowest BCUT2D eigenvalue weighted by Gasteiger charge is -2.41. The van der Waals surface area contributed by atoms with Gasteiger partial charge in [-0.3, -0.25) is 9.69 Å². The van der Waals surface area contributed by atoms with Crippen LogP contribution >= 0.6 is 0 Å². The highest BCUT2D eigenvalue weighted by Gasteiger charge is 2.43. The summed E-state index contributed by atoms with van der Waals surface area (Å²) in [5, 5.41) is 12.8. The van der Waals surface area contributed by atoms with Gasteiger partial charge in [-0.25, -0.2) is 13.4 Å². The molecule has 1 amide bonds. The van der Waals surface area contributed by atoms with E-state index in [1.54, 1.807) is 23.0 Å². The van der Waals surface area contributed by atoms with Gasteiger partial charge in [-0.2, -0.15) is 23.4 Å². The van der Waals surface area contributed by atoms with Crippen LogP contribution in [-0.4, -0.2) is 67.9 Å². The Balaban J connectivity index is 1.58. The van der Waals surface area contributed by atoms with Crippen LogP contribution in [-0.2, 0) is 21.9 Å². The van der Waals surface area contributed by atoms with Crippen LogP contribution in [0.1, 0.15) is 31.0 Å². The molecule has 1 fully saturated rings. The average Bonchev–Trinajstić information content (AvgIpc) is 3.45. The van der Waals surface area contributed by atoms with Crippen LogP contribution in [0.4, 0.5) is 4.39 Å². The van der Waals surface area contributed by atoms with Gasteiger partial charge in [0.15, 0.2) is 0 Å². The lowest BCUT2D eigenvalue weighted by Crippen LogP contribution is -2.55. The molecule has 2 aromatic carbocycles. The number of piperazine rings is 1. The molecule has 0 aliphatic carbocycles. The van der Waals surface area contributed by atoms with Gasteiger partial charge in [-0.05, 0) is 60.4 Å². The number of benzene rings is 2.